The van der Waals surface area contributed by atoms with E-state index >= 15 is 4.39 Å². The Bertz CT molecular complexity index is 2050. The van der Waals surface area contributed by atoms with Gasteiger partial charge in [-0.15, -0.1) is 0 Å². The molecule has 0 saturated carbocycles. The molecule has 0 unspecified atom stereocenters. The smallest absolute Gasteiger partial charge is 0.410 e. The van der Waals surface area contributed by atoms with Crippen molar-refractivity contribution in [3.8, 4) is 11.1 Å². The highest BCUT2D eigenvalue weighted by atomic mass is 19.1. The van der Waals surface area contributed by atoms with Crippen molar-refractivity contribution in [2.24, 2.45) is 7.05 Å². The van der Waals surface area contributed by atoms with E-state index in [1.165, 1.54) is 11.0 Å². The number of carbonyl (C=O) groups is 4. The Labute approximate surface area is 287 Å². The van der Waals surface area contributed by atoms with Crippen LogP contribution in [0.15, 0.2) is 66.9 Å². The van der Waals surface area contributed by atoms with Gasteiger partial charge in [0, 0.05) is 55.9 Å². The molecule has 3 aromatic carbocycles. The van der Waals surface area contributed by atoms with Gasteiger partial charge < -0.3 is 20.1 Å². The molecule has 14 heteroatoms. The fourth-order valence-corrected chi connectivity index (χ4v) is 6.45. The Morgan fingerprint density at radius 1 is 1.02 bits per heavy atom. The third kappa shape index (κ3) is 7.43. The van der Waals surface area contributed by atoms with Crippen molar-refractivity contribution in [1.29, 1.82) is 0 Å². The largest absolute Gasteiger partial charge is 0.480 e. The lowest BCUT2D eigenvalue weighted by molar-refractivity contribution is -0.138. The van der Waals surface area contributed by atoms with E-state index in [0.29, 0.717) is 48.0 Å². The number of aromatic nitrogens is 4. The summed E-state index contributed by atoms with van der Waals surface area (Å²) in [6.45, 7) is 1.81. The van der Waals surface area contributed by atoms with Crippen LogP contribution in [0.3, 0.4) is 0 Å². The number of aryl methyl sites for hydroxylation is 1. The minimum Gasteiger partial charge on any atom is -0.480 e. The molecule has 3 amide bonds. The topological polar surface area (TPSA) is 152 Å². The highest BCUT2D eigenvalue weighted by molar-refractivity contribution is 5.99. The van der Waals surface area contributed by atoms with Crippen LogP contribution >= 0.6 is 0 Å². The lowest BCUT2D eigenvalue weighted by atomic mass is 9.89. The first-order valence-corrected chi connectivity index (χ1v) is 16.4. The fourth-order valence-electron chi connectivity index (χ4n) is 6.45. The van der Waals surface area contributed by atoms with Crippen LogP contribution in [0.1, 0.15) is 36.9 Å². The molecule has 0 atom stereocenters. The highest BCUT2D eigenvalue weighted by Gasteiger charge is 2.29. The maximum atomic E-state index is 15.8. The van der Waals surface area contributed by atoms with Crippen LogP contribution < -0.4 is 5.32 Å². The molecule has 1 aliphatic heterocycles. The van der Waals surface area contributed by atoms with Crippen LogP contribution in [0.4, 0.5) is 9.18 Å². The van der Waals surface area contributed by atoms with Crippen LogP contribution in [0.5, 0.6) is 0 Å². The molecular weight excluding hydrogens is 645 g/mol. The maximum Gasteiger partial charge on any atom is 0.410 e. The summed E-state index contributed by atoms with van der Waals surface area (Å²) in [4.78, 5) is 52.1. The van der Waals surface area contributed by atoms with Gasteiger partial charge in [-0.2, -0.15) is 10.2 Å². The minimum absolute atomic E-state index is 0.00663. The number of nitrogens with zero attached hydrogens (tertiary/aromatic N) is 6. The second-order valence-electron chi connectivity index (χ2n) is 12.4. The first-order chi connectivity index (χ1) is 24.1. The second kappa shape index (κ2) is 14.8. The first kappa shape index (κ1) is 34.1. The predicted molar refractivity (Wildman–Crippen MR) is 182 cm³/mol. The molecule has 1 fully saturated rings. The molecular formula is C36H38FN7O6. The van der Waals surface area contributed by atoms with E-state index in [0.717, 1.165) is 22.2 Å². The average Bonchev–Trinajstić information content (AvgIpc) is 3.67. The van der Waals surface area contributed by atoms with Crippen LogP contribution in [-0.2, 0) is 39.3 Å². The van der Waals surface area contributed by atoms with E-state index in [9.17, 15) is 19.2 Å². The predicted octanol–water partition coefficient (Wildman–Crippen LogP) is 4.29. The van der Waals surface area contributed by atoms with Crippen molar-refractivity contribution < 1.29 is 33.4 Å². The van der Waals surface area contributed by atoms with Gasteiger partial charge in [-0.25, -0.2) is 9.18 Å². The zero-order valence-corrected chi connectivity index (χ0v) is 27.8. The van der Waals surface area contributed by atoms with E-state index in [1.807, 2.05) is 48.5 Å². The number of carbonyl (C=O) groups excluding carboxylic acids is 3. The lowest BCUT2D eigenvalue weighted by Crippen LogP contribution is -2.43. The van der Waals surface area contributed by atoms with Gasteiger partial charge in [0.2, 0.25) is 11.8 Å². The summed E-state index contributed by atoms with van der Waals surface area (Å²) < 4.78 is 24.8. The van der Waals surface area contributed by atoms with E-state index < -0.39 is 36.9 Å². The molecule has 2 N–H and O–H groups in total. The average molecular weight is 684 g/mol. The number of carboxylic acids is 1. The lowest BCUT2D eigenvalue weighted by Gasteiger charge is -2.30. The number of fused-ring (bicyclic) bond motifs is 2. The Kier molecular flexibility index (Phi) is 10.1. The summed E-state index contributed by atoms with van der Waals surface area (Å²) in [6.07, 6.45) is 2.21. The summed E-state index contributed by atoms with van der Waals surface area (Å²) in [5.74, 6) is -2.28. The minimum atomic E-state index is -1.21. The molecule has 0 aliphatic carbocycles. The number of hydrogen-bond donors (Lipinski definition) is 2. The maximum absolute atomic E-state index is 15.8. The fraction of sp³-hybridized carbons (Fsp3) is 0.333. The van der Waals surface area contributed by atoms with Gasteiger partial charge in [0.15, 0.2) is 0 Å². The Balaban J connectivity index is 1.35. The quantitative estimate of drug-likeness (QED) is 0.209. The van der Waals surface area contributed by atoms with Gasteiger partial charge in [-0.1, -0.05) is 42.5 Å². The van der Waals surface area contributed by atoms with Crippen LogP contribution in [-0.4, -0.2) is 91.1 Å². The standard InChI is InChI=1S/C36H38FN7O6/c1-23(45)42-13-11-25(12-14-42)35-34-27(28-18-31-26(17-29(28)37)19-39-41(31)2)9-6-10-30(34)44(40-35)16-15-43(21-32(46)38-20-33(47)48)36(49)50-22-24-7-4-3-5-8-24/h3-10,17-19,25H,11-16,20-22H2,1-2H3,(H,38,46)(H,47,48). The number of carboxylic acid groups (broad SMARTS) is 1. The Morgan fingerprint density at radius 3 is 2.50 bits per heavy atom. The van der Waals surface area contributed by atoms with Crippen molar-refractivity contribution in [1.82, 2.24) is 34.7 Å². The Hall–Kier alpha value is -5.79. The number of rotatable bonds is 11. The summed E-state index contributed by atoms with van der Waals surface area (Å²) in [7, 11) is 1.80. The van der Waals surface area contributed by atoms with Gasteiger partial charge in [-0.05, 0) is 42.2 Å². The number of halogens is 1. The number of benzene rings is 3. The van der Waals surface area contributed by atoms with Crippen molar-refractivity contribution in [3.63, 3.8) is 0 Å². The number of aliphatic carboxylic acids is 1. The molecule has 0 spiro atoms. The summed E-state index contributed by atoms with van der Waals surface area (Å²) >= 11 is 0. The van der Waals surface area contributed by atoms with Gasteiger partial charge in [-0.3, -0.25) is 28.6 Å². The second-order valence-corrected chi connectivity index (χ2v) is 12.4. The molecule has 50 heavy (non-hydrogen) atoms. The SMILES string of the molecule is CC(=O)N1CCC(c2nn(CCN(CC(=O)NCC(=O)O)C(=O)OCc3ccccc3)c3cccc(-c4cc5c(cnn5C)cc4F)c23)CC1. The molecule has 6 rings (SSSR count). The van der Waals surface area contributed by atoms with Gasteiger partial charge in [0.05, 0.1) is 29.5 Å². The first-order valence-electron chi connectivity index (χ1n) is 16.4. The summed E-state index contributed by atoms with van der Waals surface area (Å²) in [6, 6.07) is 17.9. The summed E-state index contributed by atoms with van der Waals surface area (Å²) in [5, 5.41) is 22.1. The zero-order chi connectivity index (χ0) is 35.4. The Morgan fingerprint density at radius 2 is 1.78 bits per heavy atom. The van der Waals surface area contributed by atoms with E-state index in [1.54, 1.807) is 40.5 Å². The molecule has 3 heterocycles. The van der Waals surface area contributed by atoms with Crippen molar-refractivity contribution in [3.05, 3.63) is 83.9 Å². The van der Waals surface area contributed by atoms with Crippen molar-refractivity contribution >= 4 is 45.7 Å². The molecule has 0 bridgehead atoms. The third-order valence-corrected chi connectivity index (χ3v) is 9.07. The molecule has 2 aromatic heterocycles. The zero-order valence-electron chi connectivity index (χ0n) is 27.8. The molecule has 1 aliphatic rings. The van der Waals surface area contributed by atoms with Gasteiger partial charge in [0.1, 0.15) is 25.5 Å². The normalized spacial score (nSPS) is 13.5. The van der Waals surface area contributed by atoms with Gasteiger partial charge in [0.25, 0.3) is 0 Å². The number of likely N-dealkylation sites (tertiary alicyclic amines) is 1. The van der Waals surface area contributed by atoms with E-state index in [-0.39, 0.29) is 31.5 Å². The van der Waals surface area contributed by atoms with Crippen molar-refractivity contribution in [2.45, 2.75) is 38.8 Å². The highest BCUT2D eigenvalue weighted by Crippen LogP contribution is 2.39. The van der Waals surface area contributed by atoms with E-state index in [4.69, 9.17) is 14.9 Å². The molecule has 13 nitrogen and oxygen atoms in total. The van der Waals surface area contributed by atoms with Crippen LogP contribution in [0.25, 0.3) is 32.9 Å². The van der Waals surface area contributed by atoms with Crippen molar-refractivity contribution in [2.75, 3.05) is 32.7 Å². The number of amides is 3. The molecule has 5 aromatic rings. The monoisotopic (exact) mass is 683 g/mol. The van der Waals surface area contributed by atoms with Crippen LogP contribution in [0.2, 0.25) is 0 Å². The third-order valence-electron chi connectivity index (χ3n) is 9.07. The number of ether oxygens (including phenoxy) is 1. The van der Waals surface area contributed by atoms with Crippen LogP contribution in [0, 0.1) is 5.82 Å². The molecule has 260 valence electrons. The molecule has 0 radical (unpaired) electrons. The van der Waals surface area contributed by atoms with Gasteiger partial charge >= 0.3 is 12.1 Å². The van der Waals surface area contributed by atoms with E-state index in [2.05, 4.69) is 10.4 Å². The number of nitrogens with one attached hydrogen (secondary N) is 1. The molecule has 1 saturated heterocycles. The summed E-state index contributed by atoms with van der Waals surface area (Å²) in [5.41, 5.74) is 4.07. The number of piperidine rings is 1. The number of hydrogen-bond acceptors (Lipinski definition) is 7.